The molecule has 0 amide bonds. The van der Waals surface area contributed by atoms with E-state index in [9.17, 15) is 101 Å². The van der Waals surface area contributed by atoms with Crippen LogP contribution in [0.25, 0.3) is 0 Å². The molecule has 46 heavy (non-hydrogen) atoms. The molecular formula is C18H21F17N2O7S2. The van der Waals surface area contributed by atoms with E-state index >= 15 is 0 Å². The molecule has 0 unspecified atom stereocenters. The summed E-state index contributed by atoms with van der Waals surface area (Å²) in [5, 5.41) is 0.843. The molecule has 0 aliphatic heterocycles. The molecule has 0 fully saturated rings. The van der Waals surface area contributed by atoms with Gasteiger partial charge in [0, 0.05) is 25.1 Å². The van der Waals surface area contributed by atoms with Gasteiger partial charge in [0.1, 0.15) is 6.54 Å². The smallest absolute Gasteiger partial charge is 0.460 e. The molecule has 0 saturated carbocycles. The van der Waals surface area contributed by atoms with E-state index in [1.54, 1.807) is 0 Å². The largest absolute Gasteiger partial charge is 0.748 e. The second-order valence-corrected chi connectivity index (χ2v) is 13.5. The fraction of sp³-hybridized carbons (Fsp3) is 0.944. The first kappa shape index (κ1) is 44.1. The van der Waals surface area contributed by atoms with Crippen molar-refractivity contribution in [2.45, 2.75) is 59.8 Å². The first-order chi connectivity index (χ1) is 19.7. The minimum absolute atomic E-state index is 0.283. The first-order valence-electron chi connectivity index (χ1n) is 11.4. The normalized spacial score (nSPS) is 15.8. The molecule has 0 bridgehead atoms. The summed E-state index contributed by atoms with van der Waals surface area (Å²) in [5.41, 5.74) is 0. The lowest BCUT2D eigenvalue weighted by molar-refractivity contribution is -0.890. The van der Waals surface area contributed by atoms with Gasteiger partial charge in [0.15, 0.2) is 0 Å². The molecule has 1 N–H and O–H groups in total. The molecular weight excluding hydrogens is 743 g/mol. The van der Waals surface area contributed by atoms with Crippen molar-refractivity contribution in [3.8, 4) is 0 Å². The summed E-state index contributed by atoms with van der Waals surface area (Å²) >= 11 is 0. The van der Waals surface area contributed by atoms with E-state index in [1.165, 1.54) is 14.1 Å². The highest BCUT2D eigenvalue weighted by Crippen LogP contribution is 2.64. The second kappa shape index (κ2) is 12.8. The highest BCUT2D eigenvalue weighted by atomic mass is 32.2. The average Bonchev–Trinajstić information content (AvgIpc) is 2.80. The van der Waals surface area contributed by atoms with Gasteiger partial charge in [0.25, 0.3) is 10.0 Å². The molecule has 28 heteroatoms. The van der Waals surface area contributed by atoms with Crippen molar-refractivity contribution in [3.63, 3.8) is 0 Å². The second-order valence-electron chi connectivity index (χ2n) is 10.0. The number of nitrogens with zero attached hydrogens (tertiary/aromatic N) is 2. The lowest BCUT2D eigenvalue weighted by Crippen LogP contribution is -2.75. The number of alkyl halides is 17. The van der Waals surface area contributed by atoms with Crippen LogP contribution in [0.15, 0.2) is 0 Å². The number of carboxylic acid groups (broad SMARTS) is 1. The van der Waals surface area contributed by atoms with Gasteiger partial charge in [-0.3, -0.25) is 4.79 Å². The molecule has 0 heterocycles. The Hall–Kier alpha value is -1.94. The Kier molecular flexibility index (Phi) is 12.3. The fourth-order valence-electron chi connectivity index (χ4n) is 3.36. The quantitative estimate of drug-likeness (QED) is 0.127. The van der Waals surface area contributed by atoms with Crippen LogP contribution in [0.2, 0.25) is 0 Å². The van der Waals surface area contributed by atoms with Gasteiger partial charge in [-0.1, -0.05) is 0 Å². The Labute approximate surface area is 247 Å². The topological polar surface area (TPSA) is 132 Å². The molecule has 0 aliphatic rings. The zero-order chi connectivity index (χ0) is 37.6. The molecule has 0 aromatic heterocycles. The summed E-state index contributed by atoms with van der Waals surface area (Å²) < 4.78 is 284. The van der Waals surface area contributed by atoms with Crippen LogP contribution in [0, 0.1) is 0 Å². The number of carboxylic acids is 1. The van der Waals surface area contributed by atoms with Crippen LogP contribution in [0.1, 0.15) is 12.8 Å². The summed E-state index contributed by atoms with van der Waals surface area (Å²) in [7, 11) is -10.2. The summed E-state index contributed by atoms with van der Waals surface area (Å²) in [6.07, 6.45) is -9.32. The van der Waals surface area contributed by atoms with E-state index in [0.717, 1.165) is 0 Å². The third-order valence-electron chi connectivity index (χ3n) is 6.00. The Morgan fingerprint density at radius 2 is 1.00 bits per heavy atom. The van der Waals surface area contributed by atoms with Crippen LogP contribution >= 0.6 is 0 Å². The lowest BCUT2D eigenvalue weighted by atomic mass is 9.91. The van der Waals surface area contributed by atoms with Crippen molar-refractivity contribution in [2.24, 2.45) is 0 Å². The molecule has 0 aliphatic carbocycles. The zero-order valence-corrected chi connectivity index (χ0v) is 24.1. The Morgan fingerprint density at radius 3 is 1.35 bits per heavy atom. The van der Waals surface area contributed by atoms with Gasteiger partial charge in [0.2, 0.25) is 0 Å². The van der Waals surface area contributed by atoms with Crippen molar-refractivity contribution in [1.82, 2.24) is 4.31 Å². The highest BCUT2D eigenvalue weighted by Gasteiger charge is 2.96. The van der Waals surface area contributed by atoms with Gasteiger partial charge < -0.3 is 14.1 Å². The predicted molar refractivity (Wildman–Crippen MR) is 114 cm³/mol. The molecule has 0 atom stereocenters. The monoisotopic (exact) mass is 764 g/mol. The number of carbonyl (C=O) groups is 1. The molecule has 0 saturated heterocycles. The van der Waals surface area contributed by atoms with Crippen LogP contribution < -0.4 is 0 Å². The number of rotatable bonds is 18. The number of sulfonamides is 1. The molecule has 0 aromatic carbocycles. The summed E-state index contributed by atoms with van der Waals surface area (Å²) in [5.74, 6) is -56.2. The van der Waals surface area contributed by atoms with E-state index in [2.05, 4.69) is 0 Å². The average molecular weight is 764 g/mol. The molecule has 9 nitrogen and oxygen atoms in total. The van der Waals surface area contributed by atoms with E-state index in [4.69, 9.17) is 5.11 Å². The van der Waals surface area contributed by atoms with Crippen LogP contribution in [-0.2, 0) is 24.9 Å². The van der Waals surface area contributed by atoms with Gasteiger partial charge in [-0.25, -0.2) is 16.8 Å². The number of hydrogen-bond acceptors (Lipinski definition) is 6. The maximum Gasteiger partial charge on any atom is 0.460 e. The number of hydrogen-bond donors (Lipinski definition) is 1. The van der Waals surface area contributed by atoms with Crippen molar-refractivity contribution >= 4 is 26.1 Å². The first-order valence-corrected chi connectivity index (χ1v) is 14.4. The maximum atomic E-state index is 14.5. The molecule has 0 rings (SSSR count). The van der Waals surface area contributed by atoms with Gasteiger partial charge in [0.05, 0.1) is 37.3 Å². The van der Waals surface area contributed by atoms with Crippen molar-refractivity contribution in [3.05, 3.63) is 0 Å². The summed E-state index contributed by atoms with van der Waals surface area (Å²) in [4.78, 5) is 11.0. The molecule has 0 radical (unpaired) electrons. The van der Waals surface area contributed by atoms with Crippen molar-refractivity contribution in [2.75, 3.05) is 46.0 Å². The van der Waals surface area contributed by atoms with Gasteiger partial charge >= 0.3 is 52.9 Å². The van der Waals surface area contributed by atoms with Crippen molar-refractivity contribution < 1.29 is 110 Å². The van der Waals surface area contributed by atoms with Crippen LogP contribution in [0.3, 0.4) is 0 Å². The fourth-order valence-corrected chi connectivity index (χ4v) is 5.27. The minimum atomic E-state index is -9.03. The predicted octanol–water partition coefficient (Wildman–Crippen LogP) is 4.07. The van der Waals surface area contributed by atoms with Crippen LogP contribution in [0.4, 0.5) is 74.6 Å². The number of aliphatic carboxylic acids is 1. The zero-order valence-electron chi connectivity index (χ0n) is 22.5. The SMILES string of the molecule is C[N+](C)(CCCN(CC(=O)O)S(=O)(=O)C(F)(F)C(F)(F)C(F)(F)C(F)(F)C(F)(F)C(F)(F)C(F)(F)C(F)(F)F)CCCS(=O)(=O)[O-]. The molecule has 276 valence electrons. The third kappa shape index (κ3) is 7.85. The number of halogens is 17. The lowest BCUT2D eigenvalue weighted by Gasteiger charge is -2.43. The summed E-state index contributed by atoms with van der Waals surface area (Å²) in [6.45, 7) is -4.95. The molecule has 0 spiro atoms. The van der Waals surface area contributed by atoms with E-state index < -0.39 is 120 Å². The van der Waals surface area contributed by atoms with Gasteiger partial charge in [-0.15, -0.1) is 0 Å². The third-order valence-corrected chi connectivity index (χ3v) is 8.68. The minimum Gasteiger partial charge on any atom is -0.748 e. The number of quaternary nitrogens is 1. The Balaban J connectivity index is 6.72. The van der Waals surface area contributed by atoms with E-state index in [1.807, 2.05) is 0 Å². The van der Waals surface area contributed by atoms with Gasteiger partial charge in [-0.05, 0) is 0 Å². The Morgan fingerprint density at radius 1 is 0.652 bits per heavy atom. The van der Waals surface area contributed by atoms with Crippen LogP contribution in [0.5, 0.6) is 0 Å². The van der Waals surface area contributed by atoms with Crippen LogP contribution in [-0.4, -0.2) is 134 Å². The standard InChI is InChI=1S/C18H21F17N2O7S2/c1-37(2,7-4-8-45(40,41)42)6-3-5-36(9-10(38)39)46(43,44)18(34,35)16(29,30)14(25,26)12(21,22)11(19,20)13(23,24)15(27,28)17(31,32)33/h3-9H2,1-2H3,(H-,38,39,40,41,42). The van der Waals surface area contributed by atoms with E-state index in [0.29, 0.717) is 0 Å². The Bertz CT molecular complexity index is 1320. The summed E-state index contributed by atoms with van der Waals surface area (Å²) in [6, 6.07) is 0. The van der Waals surface area contributed by atoms with Crippen molar-refractivity contribution in [1.29, 1.82) is 0 Å². The highest BCUT2D eigenvalue weighted by molar-refractivity contribution is 7.90. The maximum absolute atomic E-state index is 14.5. The van der Waals surface area contributed by atoms with E-state index in [-0.39, 0.29) is 6.54 Å². The molecule has 0 aromatic rings. The van der Waals surface area contributed by atoms with Gasteiger partial charge in [-0.2, -0.15) is 78.9 Å².